The molecule has 0 unspecified atom stereocenters. The number of hydrogen-bond acceptors (Lipinski definition) is 6. The van der Waals surface area contributed by atoms with Crippen LogP contribution in [0, 0.1) is 0 Å². The van der Waals surface area contributed by atoms with Crippen LogP contribution < -0.4 is 10.6 Å². The van der Waals surface area contributed by atoms with Crippen LogP contribution in [0.5, 0.6) is 0 Å². The zero-order chi connectivity index (χ0) is 20.7. The molecule has 0 aliphatic carbocycles. The third-order valence-electron chi connectivity index (χ3n) is 4.06. The quantitative estimate of drug-likeness (QED) is 0.270. The van der Waals surface area contributed by atoms with Crippen molar-refractivity contribution in [3.8, 4) is 0 Å². The zero-order valence-electron chi connectivity index (χ0n) is 18.4. The van der Waals surface area contributed by atoms with Crippen LogP contribution in [0.2, 0.25) is 0 Å². The summed E-state index contributed by atoms with van der Waals surface area (Å²) in [5, 5.41) is 5.91. The molecule has 28 heavy (non-hydrogen) atoms. The largest absolute Gasteiger partial charge is 0.379 e. The van der Waals surface area contributed by atoms with Crippen LogP contribution in [0.3, 0.4) is 0 Å². The van der Waals surface area contributed by atoms with E-state index in [0.717, 1.165) is 32.4 Å². The summed E-state index contributed by atoms with van der Waals surface area (Å²) in [4.78, 5) is 11.7. The standard InChI is InChI=1S/C21H44N2O5/c1-20(2)28-13-9-7-5-4-6-8-10-21(24)23-12-15-26-17-19-27-18-16-25-14-11-22-3/h20,22H,4-19H2,1-3H3,(H,23,24). The molecule has 0 rings (SSSR count). The first kappa shape index (κ1) is 27.3. The molecule has 0 spiro atoms. The summed E-state index contributed by atoms with van der Waals surface area (Å²) in [6, 6.07) is 0. The maximum atomic E-state index is 11.7. The van der Waals surface area contributed by atoms with Crippen LogP contribution in [0.15, 0.2) is 0 Å². The van der Waals surface area contributed by atoms with Gasteiger partial charge in [0.2, 0.25) is 5.91 Å². The molecule has 7 nitrogen and oxygen atoms in total. The number of carbonyl (C=O) groups excluding carboxylic acids is 1. The Kier molecular flexibility index (Phi) is 22.0. The molecule has 0 aromatic heterocycles. The van der Waals surface area contributed by atoms with Gasteiger partial charge in [-0.25, -0.2) is 0 Å². The number of carbonyl (C=O) groups is 1. The third-order valence-corrected chi connectivity index (χ3v) is 4.06. The van der Waals surface area contributed by atoms with Gasteiger partial charge in [0.25, 0.3) is 0 Å². The van der Waals surface area contributed by atoms with Gasteiger partial charge in [0.05, 0.1) is 45.7 Å². The summed E-state index contributed by atoms with van der Waals surface area (Å²) in [6.45, 7) is 9.89. The first-order valence-electron chi connectivity index (χ1n) is 10.9. The maximum Gasteiger partial charge on any atom is 0.220 e. The molecule has 0 aromatic carbocycles. The molecule has 0 aliphatic heterocycles. The summed E-state index contributed by atoms with van der Waals surface area (Å²) in [5.74, 6) is 0.115. The van der Waals surface area contributed by atoms with E-state index in [1.807, 2.05) is 7.05 Å². The molecule has 0 heterocycles. The lowest BCUT2D eigenvalue weighted by molar-refractivity contribution is -0.121. The maximum absolute atomic E-state index is 11.7. The van der Waals surface area contributed by atoms with Gasteiger partial charge in [-0.05, 0) is 33.7 Å². The molecule has 2 N–H and O–H groups in total. The fourth-order valence-electron chi connectivity index (χ4n) is 2.48. The molecule has 1 amide bonds. The Morgan fingerprint density at radius 2 is 1.25 bits per heavy atom. The number of nitrogens with one attached hydrogen (secondary N) is 2. The predicted octanol–water partition coefficient (Wildman–Crippen LogP) is 2.53. The molecule has 0 atom stereocenters. The van der Waals surface area contributed by atoms with Gasteiger partial charge < -0.3 is 29.6 Å². The topological polar surface area (TPSA) is 78.0 Å². The van der Waals surface area contributed by atoms with E-state index >= 15 is 0 Å². The summed E-state index contributed by atoms with van der Waals surface area (Å²) in [5.41, 5.74) is 0. The highest BCUT2D eigenvalue weighted by Crippen LogP contribution is 2.07. The lowest BCUT2D eigenvalue weighted by Crippen LogP contribution is -2.27. The normalized spacial score (nSPS) is 11.3. The van der Waals surface area contributed by atoms with E-state index in [0.29, 0.717) is 58.7 Å². The van der Waals surface area contributed by atoms with Gasteiger partial charge in [-0.2, -0.15) is 0 Å². The molecule has 0 bridgehead atoms. The molecule has 168 valence electrons. The van der Waals surface area contributed by atoms with E-state index in [4.69, 9.17) is 18.9 Å². The lowest BCUT2D eigenvalue weighted by atomic mass is 10.1. The monoisotopic (exact) mass is 404 g/mol. The van der Waals surface area contributed by atoms with Crippen LogP contribution in [0.1, 0.15) is 58.8 Å². The van der Waals surface area contributed by atoms with E-state index < -0.39 is 0 Å². The van der Waals surface area contributed by atoms with Crippen molar-refractivity contribution < 1.29 is 23.7 Å². The van der Waals surface area contributed by atoms with E-state index in [1.165, 1.54) is 19.3 Å². The second-order valence-electron chi connectivity index (χ2n) is 7.08. The van der Waals surface area contributed by atoms with Gasteiger partial charge in [0.1, 0.15) is 0 Å². The Bertz CT molecular complexity index is 330. The Hall–Kier alpha value is -0.730. The van der Waals surface area contributed by atoms with Gasteiger partial charge in [-0.3, -0.25) is 4.79 Å². The molecular weight excluding hydrogens is 360 g/mol. The van der Waals surface area contributed by atoms with Crippen molar-refractivity contribution in [2.45, 2.75) is 64.9 Å². The van der Waals surface area contributed by atoms with Gasteiger partial charge in [-0.1, -0.05) is 25.7 Å². The van der Waals surface area contributed by atoms with Crippen LogP contribution in [-0.2, 0) is 23.7 Å². The highest BCUT2D eigenvalue weighted by molar-refractivity contribution is 5.75. The highest BCUT2D eigenvalue weighted by atomic mass is 16.5. The first-order valence-corrected chi connectivity index (χ1v) is 10.9. The SMILES string of the molecule is CNCCOCCOCCOCCNC(=O)CCCCCCCCOC(C)C. The highest BCUT2D eigenvalue weighted by Gasteiger charge is 2.01. The van der Waals surface area contributed by atoms with Crippen molar-refractivity contribution in [2.24, 2.45) is 0 Å². The van der Waals surface area contributed by atoms with E-state index in [9.17, 15) is 4.79 Å². The number of likely N-dealkylation sites (N-methyl/N-ethyl adjacent to an activating group) is 1. The van der Waals surface area contributed by atoms with Crippen LogP contribution >= 0.6 is 0 Å². The number of unbranched alkanes of at least 4 members (excludes halogenated alkanes) is 5. The molecule has 0 saturated carbocycles. The number of rotatable bonds is 22. The summed E-state index contributed by atoms with van der Waals surface area (Å²) in [6.07, 6.45) is 7.77. The van der Waals surface area contributed by atoms with Crippen molar-refractivity contribution in [3.05, 3.63) is 0 Å². The fourth-order valence-corrected chi connectivity index (χ4v) is 2.48. The van der Waals surface area contributed by atoms with Gasteiger partial charge in [0.15, 0.2) is 0 Å². The molecule has 0 aliphatic rings. The minimum absolute atomic E-state index is 0.115. The lowest BCUT2D eigenvalue weighted by Gasteiger charge is -2.08. The van der Waals surface area contributed by atoms with Crippen molar-refractivity contribution in [1.82, 2.24) is 10.6 Å². The first-order chi connectivity index (χ1) is 13.7. The Labute approximate surface area is 172 Å². The molecule has 0 aromatic rings. The molecule has 0 saturated heterocycles. The molecule has 7 heteroatoms. The van der Waals surface area contributed by atoms with Gasteiger partial charge >= 0.3 is 0 Å². The van der Waals surface area contributed by atoms with E-state index in [2.05, 4.69) is 24.5 Å². The van der Waals surface area contributed by atoms with E-state index in [-0.39, 0.29) is 5.91 Å². The summed E-state index contributed by atoms with van der Waals surface area (Å²) in [7, 11) is 1.90. The number of hydrogen-bond donors (Lipinski definition) is 2. The fraction of sp³-hybridized carbons (Fsp3) is 0.952. The van der Waals surface area contributed by atoms with Crippen molar-refractivity contribution >= 4 is 5.91 Å². The smallest absolute Gasteiger partial charge is 0.220 e. The van der Waals surface area contributed by atoms with Crippen LogP contribution in [-0.4, -0.2) is 78.4 Å². The Balaban J connectivity index is 3.15. The van der Waals surface area contributed by atoms with Crippen molar-refractivity contribution in [1.29, 1.82) is 0 Å². The summed E-state index contributed by atoms with van der Waals surface area (Å²) >= 11 is 0. The minimum Gasteiger partial charge on any atom is -0.379 e. The second kappa shape index (κ2) is 22.6. The molecular formula is C21H44N2O5. The van der Waals surface area contributed by atoms with Gasteiger partial charge in [0, 0.05) is 26.1 Å². The van der Waals surface area contributed by atoms with E-state index in [1.54, 1.807) is 0 Å². The minimum atomic E-state index is 0.115. The van der Waals surface area contributed by atoms with Crippen molar-refractivity contribution in [2.75, 3.05) is 66.4 Å². The van der Waals surface area contributed by atoms with Crippen LogP contribution in [0.4, 0.5) is 0 Å². The molecule has 0 fully saturated rings. The third kappa shape index (κ3) is 23.3. The average Bonchev–Trinajstić information content (AvgIpc) is 2.67. The second-order valence-corrected chi connectivity index (χ2v) is 7.08. The number of amides is 1. The Morgan fingerprint density at radius 1 is 0.714 bits per heavy atom. The molecule has 0 radical (unpaired) electrons. The summed E-state index contributed by atoms with van der Waals surface area (Å²) < 4.78 is 21.7. The average molecular weight is 405 g/mol. The Morgan fingerprint density at radius 3 is 1.86 bits per heavy atom. The zero-order valence-corrected chi connectivity index (χ0v) is 18.4. The predicted molar refractivity (Wildman–Crippen MR) is 113 cm³/mol. The number of ether oxygens (including phenoxy) is 4. The van der Waals surface area contributed by atoms with Crippen molar-refractivity contribution in [3.63, 3.8) is 0 Å². The van der Waals surface area contributed by atoms with Crippen LogP contribution in [0.25, 0.3) is 0 Å². The van der Waals surface area contributed by atoms with Gasteiger partial charge in [-0.15, -0.1) is 0 Å².